The molecule has 0 saturated carbocycles. The van der Waals surface area contributed by atoms with Gasteiger partial charge >= 0.3 is 17.9 Å². The monoisotopic (exact) mass is 344 g/mol. The lowest BCUT2D eigenvalue weighted by Crippen LogP contribution is -2.35. The number of ether oxygens (including phenoxy) is 3. The molecule has 0 rings (SSSR count). The predicted octanol–water partition coefficient (Wildman–Crippen LogP) is 2.05. The van der Waals surface area contributed by atoms with Gasteiger partial charge in [0.05, 0.1) is 13.5 Å². The molecule has 0 spiro atoms. The molecular formula is C17H28O7. The third kappa shape index (κ3) is 8.64. The first-order valence-electron chi connectivity index (χ1n) is 7.88. The molecule has 7 heteroatoms. The van der Waals surface area contributed by atoms with Gasteiger partial charge < -0.3 is 14.2 Å². The van der Waals surface area contributed by atoms with Crippen LogP contribution in [0.5, 0.6) is 0 Å². The fraction of sp³-hybridized carbons (Fsp3) is 0.765. The zero-order chi connectivity index (χ0) is 19.1. The molecule has 0 saturated heterocycles. The molecule has 2 atom stereocenters. The van der Waals surface area contributed by atoms with Gasteiger partial charge in [0.2, 0.25) is 0 Å². The van der Waals surface area contributed by atoms with Crippen LogP contribution in [0.15, 0.2) is 0 Å². The number of methoxy groups -OCH3 is 1. The number of carbonyl (C=O) groups excluding carboxylic acids is 4. The molecule has 0 aromatic carbocycles. The molecule has 24 heavy (non-hydrogen) atoms. The molecule has 0 N–H and O–H groups in total. The second-order valence-corrected chi connectivity index (χ2v) is 7.03. The highest BCUT2D eigenvalue weighted by Gasteiger charge is 2.33. The SMILES string of the molecule is COC(=O)[C@H](CC(C)C)OC(=O)CC(C(C)=O)C(=O)OC(C)(C)C. The van der Waals surface area contributed by atoms with Crippen molar-refractivity contribution in [2.24, 2.45) is 11.8 Å². The van der Waals surface area contributed by atoms with Crippen LogP contribution < -0.4 is 0 Å². The van der Waals surface area contributed by atoms with Crippen molar-refractivity contribution in [1.29, 1.82) is 0 Å². The van der Waals surface area contributed by atoms with Crippen LogP contribution in [-0.4, -0.2) is 42.5 Å². The van der Waals surface area contributed by atoms with Crippen molar-refractivity contribution < 1.29 is 33.4 Å². The summed E-state index contributed by atoms with van der Waals surface area (Å²) >= 11 is 0. The Morgan fingerprint density at radius 2 is 1.54 bits per heavy atom. The van der Waals surface area contributed by atoms with Crippen LogP contribution in [0.25, 0.3) is 0 Å². The second-order valence-electron chi connectivity index (χ2n) is 7.03. The molecule has 0 aliphatic heterocycles. The molecule has 0 aromatic rings. The van der Waals surface area contributed by atoms with Crippen LogP contribution in [0.3, 0.4) is 0 Å². The summed E-state index contributed by atoms with van der Waals surface area (Å²) in [6.45, 7) is 9.92. The quantitative estimate of drug-likeness (QED) is 0.378. The van der Waals surface area contributed by atoms with E-state index in [1.807, 2.05) is 13.8 Å². The largest absolute Gasteiger partial charge is 0.466 e. The molecule has 0 amide bonds. The topological polar surface area (TPSA) is 96.0 Å². The average Bonchev–Trinajstić information content (AvgIpc) is 2.40. The summed E-state index contributed by atoms with van der Waals surface area (Å²) in [5, 5.41) is 0. The molecule has 0 aliphatic carbocycles. The summed E-state index contributed by atoms with van der Waals surface area (Å²) in [7, 11) is 1.20. The lowest BCUT2D eigenvalue weighted by atomic mass is 10.0. The van der Waals surface area contributed by atoms with E-state index < -0.39 is 47.7 Å². The van der Waals surface area contributed by atoms with Crippen molar-refractivity contribution in [3.8, 4) is 0 Å². The maximum Gasteiger partial charge on any atom is 0.347 e. The Morgan fingerprint density at radius 1 is 1.00 bits per heavy atom. The van der Waals surface area contributed by atoms with Gasteiger partial charge in [-0.05, 0) is 40.0 Å². The Morgan fingerprint density at radius 3 is 1.92 bits per heavy atom. The van der Waals surface area contributed by atoms with E-state index in [2.05, 4.69) is 4.74 Å². The van der Waals surface area contributed by atoms with Crippen molar-refractivity contribution >= 4 is 23.7 Å². The molecule has 0 aliphatic rings. The minimum absolute atomic E-state index is 0.0939. The summed E-state index contributed by atoms with van der Waals surface area (Å²) in [4.78, 5) is 47.4. The highest BCUT2D eigenvalue weighted by molar-refractivity contribution is 6.00. The van der Waals surface area contributed by atoms with E-state index in [1.165, 1.54) is 14.0 Å². The Labute approximate surface area is 143 Å². The van der Waals surface area contributed by atoms with E-state index in [4.69, 9.17) is 9.47 Å². The van der Waals surface area contributed by atoms with Crippen LogP contribution in [-0.2, 0) is 33.4 Å². The third-order valence-electron chi connectivity index (χ3n) is 2.98. The van der Waals surface area contributed by atoms with Gasteiger partial charge in [0.1, 0.15) is 17.3 Å². The Hall–Kier alpha value is -1.92. The smallest absolute Gasteiger partial charge is 0.347 e. The molecule has 1 unspecified atom stereocenters. The van der Waals surface area contributed by atoms with E-state index in [-0.39, 0.29) is 12.3 Å². The van der Waals surface area contributed by atoms with Crippen LogP contribution in [0.2, 0.25) is 0 Å². The van der Waals surface area contributed by atoms with Gasteiger partial charge in [-0.15, -0.1) is 0 Å². The Kier molecular flexibility index (Phi) is 8.64. The fourth-order valence-electron chi connectivity index (χ4n) is 1.89. The van der Waals surface area contributed by atoms with E-state index in [0.717, 1.165) is 0 Å². The highest BCUT2D eigenvalue weighted by Crippen LogP contribution is 2.17. The van der Waals surface area contributed by atoms with E-state index in [0.29, 0.717) is 0 Å². The fourth-order valence-corrected chi connectivity index (χ4v) is 1.89. The summed E-state index contributed by atoms with van der Waals surface area (Å²) in [6.07, 6.45) is -1.25. The number of carbonyl (C=O) groups is 4. The van der Waals surface area contributed by atoms with Crippen molar-refractivity contribution in [2.45, 2.75) is 66.1 Å². The molecule has 0 heterocycles. The minimum Gasteiger partial charge on any atom is -0.466 e. The lowest BCUT2D eigenvalue weighted by molar-refractivity contribution is -0.171. The van der Waals surface area contributed by atoms with Gasteiger partial charge in [0.25, 0.3) is 0 Å². The maximum absolute atomic E-state index is 12.1. The molecule has 7 nitrogen and oxygen atoms in total. The Balaban J connectivity index is 4.96. The molecule has 0 bridgehead atoms. The molecule has 138 valence electrons. The standard InChI is InChI=1S/C17H28O7/c1-10(2)8-13(16(21)22-7)23-14(19)9-12(11(3)18)15(20)24-17(4,5)6/h10,12-13H,8-9H2,1-7H3/t12?,13-/m0/s1. The first kappa shape index (κ1) is 22.1. The van der Waals surface area contributed by atoms with E-state index in [1.54, 1.807) is 20.8 Å². The number of esters is 3. The number of hydrogen-bond acceptors (Lipinski definition) is 7. The van der Waals surface area contributed by atoms with Crippen molar-refractivity contribution in [2.75, 3.05) is 7.11 Å². The van der Waals surface area contributed by atoms with Gasteiger partial charge in [-0.1, -0.05) is 13.8 Å². The lowest BCUT2D eigenvalue weighted by Gasteiger charge is -2.23. The third-order valence-corrected chi connectivity index (χ3v) is 2.98. The molecule has 0 aromatic heterocycles. The minimum atomic E-state index is -1.26. The van der Waals surface area contributed by atoms with Gasteiger partial charge in [-0.25, -0.2) is 4.79 Å². The first-order chi connectivity index (χ1) is 10.9. The average molecular weight is 344 g/mol. The molecular weight excluding hydrogens is 316 g/mol. The van der Waals surface area contributed by atoms with E-state index in [9.17, 15) is 19.2 Å². The van der Waals surface area contributed by atoms with Crippen molar-refractivity contribution in [3.05, 3.63) is 0 Å². The Bertz CT molecular complexity index is 474. The van der Waals surface area contributed by atoms with Crippen molar-refractivity contribution in [1.82, 2.24) is 0 Å². The highest BCUT2D eigenvalue weighted by atomic mass is 16.6. The molecule has 0 radical (unpaired) electrons. The first-order valence-corrected chi connectivity index (χ1v) is 7.88. The zero-order valence-electron chi connectivity index (χ0n) is 15.5. The summed E-state index contributed by atoms with van der Waals surface area (Å²) in [6, 6.07) is 0. The second kappa shape index (κ2) is 9.39. The summed E-state index contributed by atoms with van der Waals surface area (Å²) in [5.41, 5.74) is -0.777. The summed E-state index contributed by atoms with van der Waals surface area (Å²) < 4.78 is 14.8. The van der Waals surface area contributed by atoms with Gasteiger partial charge in [-0.2, -0.15) is 0 Å². The number of rotatable bonds is 8. The predicted molar refractivity (Wildman–Crippen MR) is 86.0 cm³/mol. The number of Topliss-reactive ketones (excluding diaryl/α,β-unsaturated/α-hetero) is 1. The number of ketones is 1. The zero-order valence-corrected chi connectivity index (χ0v) is 15.5. The van der Waals surface area contributed by atoms with Crippen LogP contribution in [0, 0.1) is 11.8 Å². The van der Waals surface area contributed by atoms with Crippen LogP contribution in [0.1, 0.15) is 54.4 Å². The summed E-state index contributed by atoms with van der Waals surface area (Å²) in [5.74, 6) is -3.94. The van der Waals surface area contributed by atoms with Gasteiger partial charge in [-0.3, -0.25) is 14.4 Å². The normalized spacial score (nSPS) is 13.8. The van der Waals surface area contributed by atoms with Gasteiger partial charge in [0, 0.05) is 0 Å². The van der Waals surface area contributed by atoms with Crippen LogP contribution >= 0.6 is 0 Å². The number of hydrogen-bond donors (Lipinski definition) is 0. The van der Waals surface area contributed by atoms with E-state index >= 15 is 0 Å². The molecule has 0 fully saturated rings. The van der Waals surface area contributed by atoms with Crippen molar-refractivity contribution in [3.63, 3.8) is 0 Å². The van der Waals surface area contributed by atoms with Gasteiger partial charge in [0.15, 0.2) is 6.10 Å². The maximum atomic E-state index is 12.1. The van der Waals surface area contributed by atoms with Crippen LogP contribution in [0.4, 0.5) is 0 Å².